The Hall–Kier alpha value is -4.90. The maximum absolute atomic E-state index is 16.6. The zero-order valence-electron chi connectivity index (χ0n) is 36.2. The quantitative estimate of drug-likeness (QED) is 0.169. The van der Waals surface area contributed by atoms with Crippen molar-refractivity contribution in [2.45, 2.75) is 147 Å². The molecule has 1 aliphatic carbocycles. The molecule has 2 aromatic carbocycles. The molecular weight excluding hydrogens is 839 g/mol. The maximum atomic E-state index is 16.6. The first kappa shape index (κ1) is 47.2. The van der Waals surface area contributed by atoms with E-state index in [4.69, 9.17) is 30.9 Å². The van der Waals surface area contributed by atoms with Gasteiger partial charge in [0.2, 0.25) is 0 Å². The van der Waals surface area contributed by atoms with Crippen molar-refractivity contribution < 1.29 is 50.2 Å². The molecule has 1 fully saturated rings. The van der Waals surface area contributed by atoms with Crippen LogP contribution in [-0.4, -0.2) is 64.3 Å². The summed E-state index contributed by atoms with van der Waals surface area (Å²) < 4.78 is 92.3. The number of pyridine rings is 1. The highest BCUT2D eigenvalue weighted by atomic mass is 35.5. The summed E-state index contributed by atoms with van der Waals surface area (Å²) in [6, 6.07) is 3.74. The van der Waals surface area contributed by atoms with E-state index in [0.717, 1.165) is 24.3 Å². The molecule has 5 rings (SSSR count). The summed E-state index contributed by atoms with van der Waals surface area (Å²) in [5.74, 6) is -5.05. The lowest BCUT2D eigenvalue weighted by Crippen LogP contribution is -2.44. The number of carbonyl (C=O) groups is 3. The molecule has 0 unspecified atom stereocenters. The Bertz CT molecular complexity index is 2420. The fraction of sp³-hybridized carbons (Fsp3) is 0.512. The number of fused-ring (bicyclic) bond motifs is 1. The molecule has 3 amide bonds. The van der Waals surface area contributed by atoms with E-state index in [0.29, 0.717) is 47.7 Å². The summed E-state index contributed by atoms with van der Waals surface area (Å²) >= 11 is 5.80. The van der Waals surface area contributed by atoms with Crippen molar-refractivity contribution in [2.75, 3.05) is 4.90 Å². The second-order valence-corrected chi connectivity index (χ2v) is 20.8. The van der Waals surface area contributed by atoms with Gasteiger partial charge in [-0.2, -0.15) is 10.00 Å². The van der Waals surface area contributed by atoms with Gasteiger partial charge in [-0.25, -0.2) is 41.0 Å². The number of benzene rings is 2. The zero-order valence-corrected chi connectivity index (χ0v) is 37.8. The normalized spacial score (nSPS) is 16.4. The predicted molar refractivity (Wildman–Crippen MR) is 225 cm³/mol. The van der Waals surface area contributed by atoms with E-state index in [1.165, 1.54) is 6.20 Å². The van der Waals surface area contributed by atoms with E-state index in [-0.39, 0.29) is 33.9 Å². The first-order valence-electron chi connectivity index (χ1n) is 19.9. The molecule has 0 radical (unpaired) electrons. The molecule has 0 aliphatic heterocycles. The number of halogens is 4. The summed E-state index contributed by atoms with van der Waals surface area (Å²) in [7, 11) is -4.53. The van der Waals surface area contributed by atoms with E-state index in [9.17, 15) is 27.2 Å². The summed E-state index contributed by atoms with van der Waals surface area (Å²) in [6.45, 7) is 18.5. The number of carbonyl (C=O) groups excluding carboxylic acids is 3. The molecule has 332 valence electrons. The van der Waals surface area contributed by atoms with Crippen molar-refractivity contribution in [1.29, 1.82) is 0 Å². The molecule has 13 nitrogen and oxygen atoms in total. The van der Waals surface area contributed by atoms with E-state index in [2.05, 4.69) is 10.3 Å². The van der Waals surface area contributed by atoms with Crippen LogP contribution in [0.2, 0.25) is 5.02 Å². The lowest BCUT2D eigenvalue weighted by molar-refractivity contribution is 0.0425. The van der Waals surface area contributed by atoms with Gasteiger partial charge in [0.05, 0.1) is 16.7 Å². The van der Waals surface area contributed by atoms with Gasteiger partial charge in [-0.1, -0.05) is 11.6 Å². The second kappa shape index (κ2) is 17.5. The third-order valence-electron chi connectivity index (χ3n) is 9.44. The number of nitrogens with one attached hydrogen (secondary N) is 1. The van der Waals surface area contributed by atoms with Gasteiger partial charge in [-0.3, -0.25) is 4.68 Å². The minimum absolute atomic E-state index is 0.0150. The van der Waals surface area contributed by atoms with Crippen LogP contribution in [0, 0.1) is 17.5 Å². The lowest BCUT2D eigenvalue weighted by atomic mass is 9.81. The number of rotatable bonds is 8. The van der Waals surface area contributed by atoms with Crippen LogP contribution in [0.15, 0.2) is 41.4 Å². The van der Waals surface area contributed by atoms with Crippen molar-refractivity contribution in [3.63, 3.8) is 0 Å². The number of hydrogen-bond donors (Lipinski definition) is 1. The van der Waals surface area contributed by atoms with Gasteiger partial charge in [0.25, 0.3) is 0 Å². The van der Waals surface area contributed by atoms with Crippen LogP contribution in [0.1, 0.15) is 125 Å². The molecule has 0 bridgehead atoms. The molecule has 0 spiro atoms. The fourth-order valence-electron chi connectivity index (χ4n) is 6.99. The minimum Gasteiger partial charge on any atom is -0.444 e. The Morgan fingerprint density at radius 2 is 1.43 bits per heavy atom. The first-order chi connectivity index (χ1) is 28.0. The number of anilines is 1. The number of nitrogens with zero attached hydrogens (tertiary/aromatic N) is 4. The van der Waals surface area contributed by atoms with Crippen LogP contribution in [0.5, 0.6) is 0 Å². The number of amides is 3. The lowest BCUT2D eigenvalue weighted by Gasteiger charge is -2.31. The Labute approximate surface area is 359 Å². The topological polar surface area (TPSA) is 159 Å². The van der Waals surface area contributed by atoms with Gasteiger partial charge < -0.3 is 19.5 Å². The third-order valence-corrected chi connectivity index (χ3v) is 11.4. The summed E-state index contributed by atoms with van der Waals surface area (Å²) in [4.78, 5) is 45.2. The Morgan fingerprint density at radius 3 is 1.95 bits per heavy atom. The Balaban J connectivity index is 1.72. The number of sulfone groups is 1. The van der Waals surface area contributed by atoms with Crippen molar-refractivity contribution in [2.24, 2.45) is 0 Å². The monoisotopic (exact) mass is 891 g/mol. The SMILES string of the molecule is CC(C)n1nc(-c2cc(F)c(CS(=O)(=O)c3ccc(Cl)cc3F)cc2F)c2c(N(C(=O)OC(C)(C)C)C(=O)OC(C)(C)C)ncc(C3CCC(NC(=O)OC(C)(C)C)CC3)c21. The highest BCUT2D eigenvalue weighted by Crippen LogP contribution is 2.44. The number of imide groups is 1. The van der Waals surface area contributed by atoms with Gasteiger partial charge in [0, 0.05) is 34.4 Å². The van der Waals surface area contributed by atoms with Crippen molar-refractivity contribution in [3.05, 3.63) is 70.1 Å². The number of alkyl carbamates (subject to hydrolysis) is 1. The van der Waals surface area contributed by atoms with Crippen LogP contribution in [0.4, 0.5) is 33.4 Å². The van der Waals surface area contributed by atoms with E-state index < -0.39 is 90.2 Å². The summed E-state index contributed by atoms with van der Waals surface area (Å²) in [5.41, 5.74) is -3.16. The molecule has 4 aromatic rings. The highest BCUT2D eigenvalue weighted by molar-refractivity contribution is 7.90. The number of ether oxygens (including phenoxy) is 3. The van der Waals surface area contributed by atoms with E-state index in [1.807, 2.05) is 13.8 Å². The molecule has 2 aromatic heterocycles. The summed E-state index contributed by atoms with van der Waals surface area (Å²) in [6.07, 6.45) is 0.866. The fourth-order valence-corrected chi connectivity index (χ4v) is 8.56. The molecule has 61 heavy (non-hydrogen) atoms. The van der Waals surface area contributed by atoms with Crippen LogP contribution in [0.25, 0.3) is 22.2 Å². The van der Waals surface area contributed by atoms with Gasteiger partial charge in [-0.15, -0.1) is 0 Å². The molecule has 1 saturated carbocycles. The van der Waals surface area contributed by atoms with Gasteiger partial charge in [0.15, 0.2) is 15.7 Å². The zero-order chi connectivity index (χ0) is 45.6. The second-order valence-electron chi connectivity index (χ2n) is 18.4. The maximum Gasteiger partial charge on any atom is 0.425 e. The van der Waals surface area contributed by atoms with Crippen molar-refractivity contribution in [3.8, 4) is 11.3 Å². The Morgan fingerprint density at radius 1 is 0.852 bits per heavy atom. The molecule has 18 heteroatoms. The van der Waals surface area contributed by atoms with E-state index >= 15 is 8.78 Å². The molecule has 1 aliphatic rings. The van der Waals surface area contributed by atoms with Gasteiger partial charge in [-0.05, 0) is 144 Å². The molecular formula is C43H53ClF3N5O8S. The van der Waals surface area contributed by atoms with Crippen molar-refractivity contribution in [1.82, 2.24) is 20.1 Å². The number of hydrogen-bond acceptors (Lipinski definition) is 10. The average Bonchev–Trinajstić information content (AvgIpc) is 3.49. The molecule has 1 N–H and O–H groups in total. The standard InChI is InChI=1S/C43H53ClF3N5O8S/c1-23(2)52-36-29(24-12-15-27(16-13-24)49-38(53)58-41(3,4)5)21-48-37(51(39(54)59-42(6,7)8)40(55)60-43(9,10)11)34(36)35(50-52)28-20-30(45)25(18-31(28)46)22-61(56,57)33-17-14-26(44)19-32(33)47/h14,17-21,23-24,27H,12-13,15-16,22H2,1-11H3,(H,49,53). The van der Waals surface area contributed by atoms with Crippen molar-refractivity contribution >= 4 is 56.4 Å². The number of aromatic nitrogens is 3. The largest absolute Gasteiger partial charge is 0.444 e. The smallest absolute Gasteiger partial charge is 0.425 e. The summed E-state index contributed by atoms with van der Waals surface area (Å²) in [5, 5.41) is 7.63. The predicted octanol–water partition coefficient (Wildman–Crippen LogP) is 11.0. The molecule has 0 atom stereocenters. The molecule has 2 heterocycles. The average molecular weight is 892 g/mol. The highest BCUT2D eigenvalue weighted by Gasteiger charge is 2.39. The minimum atomic E-state index is -4.53. The molecule has 0 saturated heterocycles. The van der Waals surface area contributed by atoms with Gasteiger partial charge in [0.1, 0.15) is 44.8 Å². The van der Waals surface area contributed by atoms with Crippen LogP contribution >= 0.6 is 11.6 Å². The third kappa shape index (κ3) is 11.3. The van der Waals surface area contributed by atoms with Crippen LogP contribution < -0.4 is 10.2 Å². The first-order valence-corrected chi connectivity index (χ1v) is 21.9. The van der Waals surface area contributed by atoms with Crippen LogP contribution in [0.3, 0.4) is 0 Å². The van der Waals surface area contributed by atoms with E-state index in [1.54, 1.807) is 67.0 Å². The Kier molecular flexibility index (Phi) is 13.5. The van der Waals surface area contributed by atoms with Gasteiger partial charge >= 0.3 is 18.3 Å². The van der Waals surface area contributed by atoms with Crippen LogP contribution in [-0.2, 0) is 29.8 Å².